The zero-order valence-corrected chi connectivity index (χ0v) is 20.6. The van der Waals surface area contributed by atoms with Crippen LogP contribution in [0.15, 0.2) is 67.0 Å². The summed E-state index contributed by atoms with van der Waals surface area (Å²) >= 11 is 0. The van der Waals surface area contributed by atoms with E-state index in [1.807, 2.05) is 46.1 Å². The molecule has 3 aromatic rings. The number of likely N-dealkylation sites (tertiary alicyclic amines) is 2. The van der Waals surface area contributed by atoms with Gasteiger partial charge in [-0.15, -0.1) is 0 Å². The lowest BCUT2D eigenvalue weighted by Gasteiger charge is -2.43. The van der Waals surface area contributed by atoms with E-state index >= 15 is 0 Å². The minimum atomic E-state index is -0.327. The van der Waals surface area contributed by atoms with Crippen molar-refractivity contribution in [2.24, 2.45) is 5.92 Å². The molecule has 2 fully saturated rings. The summed E-state index contributed by atoms with van der Waals surface area (Å²) in [4.78, 5) is 30.2. The van der Waals surface area contributed by atoms with E-state index in [1.54, 1.807) is 24.4 Å². The Bertz CT molecular complexity index is 1170. The number of aromatic nitrogens is 2. The van der Waals surface area contributed by atoms with Crippen LogP contribution < -0.4 is 0 Å². The Morgan fingerprint density at radius 1 is 0.917 bits per heavy atom. The van der Waals surface area contributed by atoms with Gasteiger partial charge in [0, 0.05) is 43.6 Å². The van der Waals surface area contributed by atoms with E-state index in [2.05, 4.69) is 10.00 Å². The number of carbonyl (C=O) groups excluding carboxylic acids is 2. The van der Waals surface area contributed by atoms with E-state index in [1.165, 1.54) is 6.07 Å². The van der Waals surface area contributed by atoms with Crippen molar-refractivity contribution < 1.29 is 14.0 Å². The van der Waals surface area contributed by atoms with Crippen LogP contribution in [0.1, 0.15) is 53.6 Å². The Morgan fingerprint density at radius 2 is 1.69 bits per heavy atom. The smallest absolute Gasteiger partial charge is 0.254 e. The van der Waals surface area contributed by atoms with Gasteiger partial charge in [0.2, 0.25) is 5.91 Å². The van der Waals surface area contributed by atoms with Gasteiger partial charge in [-0.05, 0) is 73.4 Å². The average molecular weight is 489 g/mol. The molecule has 36 heavy (non-hydrogen) atoms. The summed E-state index contributed by atoms with van der Waals surface area (Å²) in [6.45, 7) is 2.80. The lowest BCUT2D eigenvalue weighted by Crippen LogP contribution is -2.51. The highest BCUT2D eigenvalue weighted by Crippen LogP contribution is 2.32. The molecule has 0 bridgehead atoms. The lowest BCUT2D eigenvalue weighted by molar-refractivity contribution is -0.132. The summed E-state index contributed by atoms with van der Waals surface area (Å²) in [5.74, 6) is 0.131. The number of benzene rings is 2. The maximum absolute atomic E-state index is 14.0. The molecule has 5 rings (SSSR count). The third-order valence-corrected chi connectivity index (χ3v) is 7.65. The molecule has 0 saturated carbocycles. The van der Waals surface area contributed by atoms with Crippen LogP contribution in [0.3, 0.4) is 0 Å². The fourth-order valence-electron chi connectivity index (χ4n) is 5.65. The van der Waals surface area contributed by atoms with E-state index in [4.69, 9.17) is 0 Å². The highest BCUT2D eigenvalue weighted by molar-refractivity contribution is 5.94. The summed E-state index contributed by atoms with van der Waals surface area (Å²) in [6, 6.07) is 16.5. The zero-order valence-electron chi connectivity index (χ0n) is 20.6. The van der Waals surface area contributed by atoms with Crippen molar-refractivity contribution in [1.82, 2.24) is 19.6 Å². The highest BCUT2D eigenvalue weighted by Gasteiger charge is 2.36. The minimum absolute atomic E-state index is 0.0228. The van der Waals surface area contributed by atoms with E-state index in [9.17, 15) is 14.0 Å². The van der Waals surface area contributed by atoms with Crippen LogP contribution in [0.2, 0.25) is 0 Å². The maximum Gasteiger partial charge on any atom is 0.254 e. The normalized spacial score (nSPS) is 18.9. The van der Waals surface area contributed by atoms with Crippen LogP contribution in [0.25, 0.3) is 0 Å². The first kappa shape index (κ1) is 24.2. The van der Waals surface area contributed by atoms with Crippen LogP contribution >= 0.6 is 0 Å². The number of hydrogen-bond acceptors (Lipinski definition) is 3. The van der Waals surface area contributed by atoms with Gasteiger partial charge in [0.15, 0.2) is 0 Å². The minimum Gasteiger partial charge on any atom is -0.342 e. The fraction of sp³-hybridized carbons (Fsp3) is 0.414. The van der Waals surface area contributed by atoms with E-state index in [0.29, 0.717) is 31.1 Å². The van der Waals surface area contributed by atoms with Crippen molar-refractivity contribution in [1.29, 1.82) is 0 Å². The van der Waals surface area contributed by atoms with E-state index in [0.717, 1.165) is 49.8 Å². The van der Waals surface area contributed by atoms with Gasteiger partial charge in [-0.3, -0.25) is 14.3 Å². The van der Waals surface area contributed by atoms with Crippen molar-refractivity contribution in [3.8, 4) is 0 Å². The first-order valence-corrected chi connectivity index (χ1v) is 13.0. The first-order chi connectivity index (χ1) is 17.6. The summed E-state index contributed by atoms with van der Waals surface area (Å²) in [7, 11) is 0. The predicted molar refractivity (Wildman–Crippen MR) is 136 cm³/mol. The van der Waals surface area contributed by atoms with Crippen LogP contribution in [0, 0.1) is 11.7 Å². The Kier molecular flexibility index (Phi) is 7.44. The SMILES string of the molecule is O=C(Cc1ccccc1F)N1CCC(C2CCCCN2C(=O)c2ccc(Cn3cccn3)cc2)CC1. The molecule has 7 heteroatoms. The molecule has 2 aliphatic heterocycles. The van der Waals surface area contributed by atoms with E-state index in [-0.39, 0.29) is 30.1 Å². The van der Waals surface area contributed by atoms with Crippen LogP contribution in [-0.4, -0.2) is 57.1 Å². The van der Waals surface area contributed by atoms with Gasteiger partial charge in [0.1, 0.15) is 5.82 Å². The summed E-state index contributed by atoms with van der Waals surface area (Å²) in [5.41, 5.74) is 2.28. The first-order valence-electron chi connectivity index (χ1n) is 13.0. The van der Waals surface area contributed by atoms with Crippen molar-refractivity contribution >= 4 is 11.8 Å². The molecular weight excluding hydrogens is 455 g/mol. The van der Waals surface area contributed by atoms with Gasteiger partial charge in [-0.2, -0.15) is 5.10 Å². The van der Waals surface area contributed by atoms with Gasteiger partial charge in [-0.25, -0.2) is 4.39 Å². The number of halogens is 1. The number of amides is 2. The molecule has 0 aliphatic carbocycles. The highest BCUT2D eigenvalue weighted by atomic mass is 19.1. The lowest BCUT2D eigenvalue weighted by atomic mass is 9.83. The molecule has 1 aromatic heterocycles. The van der Waals surface area contributed by atoms with Crippen molar-refractivity contribution in [2.75, 3.05) is 19.6 Å². The van der Waals surface area contributed by atoms with Crippen LogP contribution in [0.4, 0.5) is 4.39 Å². The number of piperidine rings is 2. The van der Waals surface area contributed by atoms with Crippen molar-refractivity contribution in [2.45, 2.75) is 51.1 Å². The summed E-state index contributed by atoms with van der Waals surface area (Å²) in [5, 5.41) is 4.25. The van der Waals surface area contributed by atoms with Gasteiger partial charge < -0.3 is 9.80 Å². The third-order valence-electron chi connectivity index (χ3n) is 7.65. The Hall–Kier alpha value is -3.48. The molecule has 6 nitrogen and oxygen atoms in total. The zero-order chi connectivity index (χ0) is 24.9. The molecule has 188 valence electrons. The molecule has 0 spiro atoms. The monoisotopic (exact) mass is 488 g/mol. The van der Waals surface area contributed by atoms with Gasteiger partial charge in [0.05, 0.1) is 13.0 Å². The van der Waals surface area contributed by atoms with Gasteiger partial charge in [0.25, 0.3) is 5.91 Å². The number of nitrogens with zero attached hydrogens (tertiary/aromatic N) is 4. The summed E-state index contributed by atoms with van der Waals surface area (Å²) < 4.78 is 15.8. The third kappa shape index (κ3) is 5.50. The molecule has 3 heterocycles. The molecule has 0 N–H and O–H groups in total. The second kappa shape index (κ2) is 11.1. The number of carbonyl (C=O) groups is 2. The topological polar surface area (TPSA) is 58.4 Å². The molecular formula is C29H33FN4O2. The van der Waals surface area contributed by atoms with Gasteiger partial charge >= 0.3 is 0 Å². The van der Waals surface area contributed by atoms with Crippen molar-refractivity contribution in [3.05, 3.63) is 89.5 Å². The molecule has 1 unspecified atom stereocenters. The van der Waals surface area contributed by atoms with Crippen LogP contribution in [0.5, 0.6) is 0 Å². The predicted octanol–water partition coefficient (Wildman–Crippen LogP) is 4.55. The second-order valence-electron chi connectivity index (χ2n) is 9.95. The number of rotatable bonds is 6. The Balaban J connectivity index is 1.19. The molecule has 2 aromatic carbocycles. The molecule has 2 saturated heterocycles. The van der Waals surface area contributed by atoms with E-state index < -0.39 is 0 Å². The standard InChI is InChI=1S/C29H33FN4O2/c30-26-7-2-1-6-25(26)20-28(35)32-18-13-23(14-19-32)27-8-3-4-17-34(27)29(36)24-11-9-22(10-12-24)21-33-16-5-15-31-33/h1-2,5-7,9-12,15-16,23,27H,3-4,8,13-14,17-21H2. The molecule has 2 aliphatic rings. The van der Waals surface area contributed by atoms with Crippen LogP contribution in [-0.2, 0) is 17.8 Å². The van der Waals surface area contributed by atoms with Gasteiger partial charge in [-0.1, -0.05) is 30.3 Å². The Labute approximate surface area is 211 Å². The van der Waals surface area contributed by atoms with Crippen molar-refractivity contribution in [3.63, 3.8) is 0 Å². The number of hydrogen-bond donors (Lipinski definition) is 0. The average Bonchev–Trinajstić information content (AvgIpc) is 3.43. The quantitative estimate of drug-likeness (QED) is 0.512. The Morgan fingerprint density at radius 3 is 2.42 bits per heavy atom. The molecule has 2 amide bonds. The second-order valence-corrected chi connectivity index (χ2v) is 9.95. The fourth-order valence-corrected chi connectivity index (χ4v) is 5.65. The molecule has 1 atom stereocenters. The summed E-state index contributed by atoms with van der Waals surface area (Å²) in [6.07, 6.45) is 8.70. The maximum atomic E-state index is 14.0. The largest absolute Gasteiger partial charge is 0.342 e. The molecule has 0 radical (unpaired) electrons.